The largest absolute Gasteiger partial charge is 0.245 e. The highest BCUT2D eigenvalue weighted by molar-refractivity contribution is 7.89. The van der Waals surface area contributed by atoms with E-state index < -0.39 is 15.8 Å². The van der Waals surface area contributed by atoms with Gasteiger partial charge >= 0.3 is 0 Å². The van der Waals surface area contributed by atoms with Gasteiger partial charge in [0, 0.05) is 24.9 Å². The van der Waals surface area contributed by atoms with Gasteiger partial charge in [0.15, 0.2) is 11.5 Å². The van der Waals surface area contributed by atoms with E-state index in [9.17, 15) is 12.8 Å². The molecule has 0 atom stereocenters. The van der Waals surface area contributed by atoms with Gasteiger partial charge in [-0.05, 0) is 49.9 Å². The Labute approximate surface area is 162 Å². The number of rotatable bonds is 4. The molecule has 9 heteroatoms. The molecule has 0 N–H and O–H groups in total. The van der Waals surface area contributed by atoms with Crippen molar-refractivity contribution in [2.45, 2.75) is 42.4 Å². The summed E-state index contributed by atoms with van der Waals surface area (Å²) in [7, 11) is -3.84. The second kappa shape index (κ2) is 6.59. The van der Waals surface area contributed by atoms with Crippen LogP contribution in [0.5, 0.6) is 0 Å². The van der Waals surface area contributed by atoms with Gasteiger partial charge in [-0.1, -0.05) is 12.1 Å². The molecule has 0 bridgehead atoms. The van der Waals surface area contributed by atoms with Crippen molar-refractivity contribution in [2.75, 3.05) is 13.1 Å². The second-order valence-electron chi connectivity index (χ2n) is 7.47. The van der Waals surface area contributed by atoms with Crippen LogP contribution in [0.4, 0.5) is 4.39 Å². The first-order chi connectivity index (χ1) is 13.5. The van der Waals surface area contributed by atoms with E-state index in [1.807, 2.05) is 12.1 Å². The Morgan fingerprint density at radius 2 is 1.68 bits per heavy atom. The van der Waals surface area contributed by atoms with Crippen LogP contribution in [0, 0.1) is 5.82 Å². The molecular formula is C19H20FN5O2S. The molecule has 5 rings (SSSR count). The molecule has 2 aromatic heterocycles. The molecule has 2 aliphatic rings. The van der Waals surface area contributed by atoms with Gasteiger partial charge in [-0.15, -0.1) is 10.2 Å². The normalized spacial score (nSPS) is 19.3. The number of nitrogens with zero attached hydrogens (tertiary/aromatic N) is 5. The van der Waals surface area contributed by atoms with Crippen LogP contribution in [0.25, 0.3) is 5.65 Å². The minimum absolute atomic E-state index is 0.0732. The fourth-order valence-corrected chi connectivity index (χ4v) is 5.35. The molecule has 1 saturated heterocycles. The van der Waals surface area contributed by atoms with Crippen LogP contribution >= 0.6 is 0 Å². The van der Waals surface area contributed by atoms with Crippen molar-refractivity contribution < 1.29 is 12.8 Å². The van der Waals surface area contributed by atoms with Crippen LogP contribution in [0.2, 0.25) is 0 Å². The summed E-state index contributed by atoms with van der Waals surface area (Å²) in [6.07, 6.45) is 3.54. The molecule has 146 valence electrons. The summed E-state index contributed by atoms with van der Waals surface area (Å²) in [6, 6.07) is 9.45. The van der Waals surface area contributed by atoms with Gasteiger partial charge in [0.05, 0.1) is 5.69 Å². The van der Waals surface area contributed by atoms with Crippen LogP contribution in [0.15, 0.2) is 41.3 Å². The first kappa shape index (κ1) is 17.7. The number of hydrogen-bond acceptors (Lipinski definition) is 5. The van der Waals surface area contributed by atoms with Gasteiger partial charge in [-0.3, -0.25) is 0 Å². The first-order valence-electron chi connectivity index (χ1n) is 9.51. The van der Waals surface area contributed by atoms with E-state index in [1.165, 1.54) is 41.4 Å². The maximum atomic E-state index is 14.0. The fraction of sp³-hybridized carbons (Fsp3) is 0.421. The molecule has 2 fully saturated rings. The van der Waals surface area contributed by atoms with Crippen LogP contribution in [-0.2, 0) is 10.0 Å². The molecule has 0 radical (unpaired) electrons. The fourth-order valence-electron chi connectivity index (χ4n) is 3.82. The van der Waals surface area contributed by atoms with Gasteiger partial charge in [0.25, 0.3) is 0 Å². The molecule has 3 heterocycles. The lowest BCUT2D eigenvalue weighted by molar-refractivity contribution is 0.310. The lowest BCUT2D eigenvalue weighted by Crippen LogP contribution is -2.38. The zero-order valence-corrected chi connectivity index (χ0v) is 16.0. The molecule has 7 nitrogen and oxygen atoms in total. The topological polar surface area (TPSA) is 80.5 Å². The van der Waals surface area contributed by atoms with Gasteiger partial charge in [-0.2, -0.15) is 13.9 Å². The van der Waals surface area contributed by atoms with Crippen molar-refractivity contribution in [1.82, 2.24) is 24.1 Å². The average Bonchev–Trinajstić information content (AvgIpc) is 3.47. The molecule has 0 amide bonds. The summed E-state index contributed by atoms with van der Waals surface area (Å²) in [4.78, 5) is -0.267. The van der Waals surface area contributed by atoms with Crippen LogP contribution < -0.4 is 0 Å². The highest BCUT2D eigenvalue weighted by Crippen LogP contribution is 2.39. The van der Waals surface area contributed by atoms with Crippen LogP contribution in [0.1, 0.15) is 49.0 Å². The van der Waals surface area contributed by atoms with Crippen LogP contribution in [0.3, 0.4) is 0 Å². The molecule has 3 aromatic rings. The van der Waals surface area contributed by atoms with Gasteiger partial charge in [-0.25, -0.2) is 12.8 Å². The zero-order chi connectivity index (χ0) is 19.3. The smallest absolute Gasteiger partial charge is 0.207 e. The minimum atomic E-state index is -3.84. The van der Waals surface area contributed by atoms with E-state index in [0.29, 0.717) is 37.5 Å². The molecule has 1 saturated carbocycles. The highest BCUT2D eigenvalue weighted by atomic mass is 32.2. The Bertz CT molecular complexity index is 1130. The molecule has 1 aliphatic carbocycles. The molecule has 1 aromatic carbocycles. The lowest BCUT2D eigenvalue weighted by atomic mass is 9.97. The van der Waals surface area contributed by atoms with Crippen molar-refractivity contribution in [3.8, 4) is 0 Å². The molecule has 1 aliphatic heterocycles. The standard InChI is InChI=1S/C19H20FN5O2S/c20-15-3-1-2-4-17(15)28(26,27)24-11-9-14(10-12-24)19-22-21-18-8-7-16(13-5-6-13)23-25(18)19/h1-4,7-8,13-14H,5-6,9-12H2. The van der Waals surface area contributed by atoms with Crippen molar-refractivity contribution >= 4 is 15.7 Å². The minimum Gasteiger partial charge on any atom is -0.207 e. The molecule has 28 heavy (non-hydrogen) atoms. The molecule has 0 unspecified atom stereocenters. The lowest BCUT2D eigenvalue weighted by Gasteiger charge is -2.30. The van der Waals surface area contributed by atoms with Gasteiger partial charge in [0.1, 0.15) is 10.7 Å². The van der Waals surface area contributed by atoms with Crippen molar-refractivity contribution in [1.29, 1.82) is 0 Å². The Morgan fingerprint density at radius 3 is 2.39 bits per heavy atom. The number of piperidine rings is 1. The second-order valence-corrected chi connectivity index (χ2v) is 9.38. The first-order valence-corrected chi connectivity index (χ1v) is 10.9. The Balaban J connectivity index is 1.37. The Morgan fingerprint density at radius 1 is 0.929 bits per heavy atom. The zero-order valence-electron chi connectivity index (χ0n) is 15.2. The van der Waals surface area contributed by atoms with E-state index in [2.05, 4.69) is 10.2 Å². The number of hydrogen-bond donors (Lipinski definition) is 0. The van der Waals surface area contributed by atoms with E-state index in [4.69, 9.17) is 5.10 Å². The predicted octanol–water partition coefficient (Wildman–Crippen LogP) is 2.71. The van der Waals surface area contributed by atoms with E-state index in [-0.39, 0.29) is 10.8 Å². The van der Waals surface area contributed by atoms with Crippen molar-refractivity contribution in [3.05, 3.63) is 53.7 Å². The summed E-state index contributed by atoms with van der Waals surface area (Å²) in [5, 5.41) is 13.2. The number of halogens is 1. The Kier molecular flexibility index (Phi) is 4.17. The third-order valence-corrected chi connectivity index (χ3v) is 7.51. The van der Waals surface area contributed by atoms with Crippen LogP contribution in [-0.4, -0.2) is 45.6 Å². The molecule has 0 spiro atoms. The number of aromatic nitrogens is 4. The van der Waals surface area contributed by atoms with Gasteiger partial charge < -0.3 is 0 Å². The SMILES string of the molecule is O=S(=O)(c1ccccc1F)N1CCC(c2nnc3ccc(C4CC4)nn23)CC1. The highest BCUT2D eigenvalue weighted by Gasteiger charge is 2.33. The average molecular weight is 401 g/mol. The summed E-state index contributed by atoms with van der Waals surface area (Å²) in [5.41, 5.74) is 1.77. The van der Waals surface area contributed by atoms with E-state index >= 15 is 0 Å². The maximum Gasteiger partial charge on any atom is 0.245 e. The van der Waals surface area contributed by atoms with Gasteiger partial charge in [0.2, 0.25) is 10.0 Å². The summed E-state index contributed by atoms with van der Waals surface area (Å²) in [6.45, 7) is 0.636. The summed E-state index contributed by atoms with van der Waals surface area (Å²) in [5.74, 6) is 0.668. The third kappa shape index (κ3) is 2.98. The molecular weight excluding hydrogens is 381 g/mol. The van der Waals surface area contributed by atoms with E-state index in [1.54, 1.807) is 4.52 Å². The summed E-state index contributed by atoms with van der Waals surface area (Å²) < 4.78 is 42.7. The quantitative estimate of drug-likeness (QED) is 0.672. The third-order valence-electron chi connectivity index (χ3n) is 5.58. The monoisotopic (exact) mass is 401 g/mol. The number of fused-ring (bicyclic) bond motifs is 1. The summed E-state index contributed by atoms with van der Waals surface area (Å²) >= 11 is 0. The van der Waals surface area contributed by atoms with Crippen molar-refractivity contribution in [2.24, 2.45) is 0 Å². The number of benzene rings is 1. The van der Waals surface area contributed by atoms with E-state index in [0.717, 1.165) is 11.5 Å². The predicted molar refractivity (Wildman–Crippen MR) is 99.9 cm³/mol. The Hall–Kier alpha value is -2.39. The maximum absolute atomic E-state index is 14.0. The number of sulfonamides is 1. The van der Waals surface area contributed by atoms with Crippen molar-refractivity contribution in [3.63, 3.8) is 0 Å².